The predicted molar refractivity (Wildman–Crippen MR) is 76.7 cm³/mol. The molecule has 0 spiro atoms. The molecule has 0 radical (unpaired) electrons. The van der Waals surface area contributed by atoms with Gasteiger partial charge in [-0.2, -0.15) is 4.98 Å². The van der Waals surface area contributed by atoms with Crippen LogP contribution in [0.1, 0.15) is 18.7 Å². The van der Waals surface area contributed by atoms with E-state index in [1.807, 2.05) is 0 Å². The van der Waals surface area contributed by atoms with Crippen LogP contribution in [0.5, 0.6) is 0 Å². The van der Waals surface area contributed by atoms with Crippen LogP contribution in [-0.4, -0.2) is 23.2 Å². The van der Waals surface area contributed by atoms with Crippen LogP contribution in [0.2, 0.25) is 0 Å². The molecule has 1 aliphatic rings. The number of aromatic nitrogens is 2. The molecule has 1 atom stereocenters. The quantitative estimate of drug-likeness (QED) is 0.932. The van der Waals surface area contributed by atoms with Crippen LogP contribution >= 0.6 is 15.9 Å². The molecule has 1 N–H and O–H groups in total. The second kappa shape index (κ2) is 6.01. The molecule has 1 saturated heterocycles. The number of nitrogens with zero attached hydrogens (tertiary/aromatic N) is 2. The molecule has 1 aromatic carbocycles. The van der Waals surface area contributed by atoms with Gasteiger partial charge >= 0.3 is 0 Å². The number of hydrogen-bond donors (Lipinski definition) is 1. The summed E-state index contributed by atoms with van der Waals surface area (Å²) in [6.07, 6.45) is 3.13. The van der Waals surface area contributed by atoms with Gasteiger partial charge in [0, 0.05) is 16.5 Å². The van der Waals surface area contributed by atoms with Crippen LogP contribution in [0.3, 0.4) is 0 Å². The highest BCUT2D eigenvalue weighted by atomic mass is 79.9. The third-order valence-electron chi connectivity index (χ3n) is 3.50. The molecule has 1 fully saturated rings. The lowest BCUT2D eigenvalue weighted by Gasteiger charge is -2.20. The standard InChI is InChI=1S/C14H15BrFN3O/c15-12-4-3-10(16)7-11(12)14-18-13(20-19-14)6-9-2-1-5-17-8-9/h3-4,7,9,17H,1-2,5-6,8H2. The maximum absolute atomic E-state index is 13.3. The Kier molecular flexibility index (Phi) is 4.12. The summed E-state index contributed by atoms with van der Waals surface area (Å²) in [6, 6.07) is 4.44. The van der Waals surface area contributed by atoms with Gasteiger partial charge in [-0.05, 0) is 50.0 Å². The van der Waals surface area contributed by atoms with Gasteiger partial charge in [-0.3, -0.25) is 0 Å². The Balaban J connectivity index is 1.77. The summed E-state index contributed by atoms with van der Waals surface area (Å²) in [5.41, 5.74) is 0.613. The Labute approximate surface area is 124 Å². The van der Waals surface area contributed by atoms with Crippen molar-refractivity contribution >= 4 is 15.9 Å². The molecule has 3 rings (SSSR count). The Morgan fingerprint density at radius 3 is 3.15 bits per heavy atom. The lowest BCUT2D eigenvalue weighted by atomic mass is 9.96. The number of benzene rings is 1. The lowest BCUT2D eigenvalue weighted by Crippen LogP contribution is -2.30. The third-order valence-corrected chi connectivity index (χ3v) is 4.19. The van der Waals surface area contributed by atoms with Crippen LogP contribution in [0.4, 0.5) is 4.39 Å². The van der Waals surface area contributed by atoms with Gasteiger partial charge in [0.2, 0.25) is 11.7 Å². The van der Waals surface area contributed by atoms with Gasteiger partial charge < -0.3 is 9.84 Å². The monoisotopic (exact) mass is 339 g/mol. The molecule has 0 amide bonds. The molecule has 1 aromatic heterocycles. The molecule has 6 heteroatoms. The summed E-state index contributed by atoms with van der Waals surface area (Å²) in [4.78, 5) is 4.37. The number of halogens is 2. The lowest BCUT2D eigenvalue weighted by molar-refractivity contribution is 0.316. The summed E-state index contributed by atoms with van der Waals surface area (Å²) in [5, 5.41) is 7.31. The highest BCUT2D eigenvalue weighted by molar-refractivity contribution is 9.10. The molecule has 4 nitrogen and oxygen atoms in total. The fourth-order valence-corrected chi connectivity index (χ4v) is 2.89. The van der Waals surface area contributed by atoms with Gasteiger partial charge in [0.05, 0.1) is 0 Å². The number of piperidine rings is 1. The van der Waals surface area contributed by atoms with Crippen molar-refractivity contribution in [2.75, 3.05) is 13.1 Å². The highest BCUT2D eigenvalue weighted by Gasteiger charge is 2.18. The van der Waals surface area contributed by atoms with E-state index >= 15 is 0 Å². The maximum atomic E-state index is 13.3. The first-order valence-electron chi connectivity index (χ1n) is 6.71. The zero-order valence-corrected chi connectivity index (χ0v) is 12.5. The first-order chi connectivity index (χ1) is 9.72. The second-order valence-electron chi connectivity index (χ2n) is 5.05. The first kappa shape index (κ1) is 13.7. The molecule has 0 bridgehead atoms. The number of nitrogens with one attached hydrogen (secondary N) is 1. The molecule has 1 aliphatic heterocycles. The van der Waals surface area contributed by atoms with Crippen LogP contribution in [0.15, 0.2) is 27.2 Å². The van der Waals surface area contributed by atoms with Gasteiger partial charge in [0.15, 0.2) is 0 Å². The first-order valence-corrected chi connectivity index (χ1v) is 7.50. The molecule has 106 valence electrons. The minimum atomic E-state index is -0.314. The van der Waals surface area contributed by atoms with Crippen molar-refractivity contribution in [2.24, 2.45) is 5.92 Å². The van der Waals surface area contributed by atoms with Crippen molar-refractivity contribution in [3.05, 3.63) is 34.4 Å². The van der Waals surface area contributed by atoms with Gasteiger partial charge in [-0.15, -0.1) is 0 Å². The van der Waals surface area contributed by atoms with E-state index in [-0.39, 0.29) is 5.82 Å². The van der Waals surface area contributed by atoms with Gasteiger partial charge in [-0.25, -0.2) is 4.39 Å². The number of hydrogen-bond acceptors (Lipinski definition) is 4. The van der Waals surface area contributed by atoms with Gasteiger partial charge in [0.25, 0.3) is 0 Å². The number of rotatable bonds is 3. The van der Waals surface area contributed by atoms with E-state index in [4.69, 9.17) is 4.52 Å². The fourth-order valence-electron chi connectivity index (χ4n) is 2.46. The van der Waals surface area contributed by atoms with Crippen LogP contribution < -0.4 is 5.32 Å². The average Bonchev–Trinajstić information content (AvgIpc) is 2.91. The summed E-state index contributed by atoms with van der Waals surface area (Å²) in [6.45, 7) is 2.07. The SMILES string of the molecule is Fc1ccc(Br)c(-c2noc(CC3CCCNC3)n2)c1. The molecular weight excluding hydrogens is 325 g/mol. The zero-order valence-electron chi connectivity index (χ0n) is 10.9. The van der Waals surface area contributed by atoms with Crippen molar-refractivity contribution < 1.29 is 8.91 Å². The van der Waals surface area contributed by atoms with Crippen molar-refractivity contribution in [3.63, 3.8) is 0 Å². The molecule has 2 heterocycles. The van der Waals surface area contributed by atoms with Crippen molar-refractivity contribution in [3.8, 4) is 11.4 Å². The van der Waals surface area contributed by atoms with Gasteiger partial charge in [0.1, 0.15) is 5.82 Å². The van der Waals surface area contributed by atoms with Crippen molar-refractivity contribution in [1.82, 2.24) is 15.5 Å². The normalized spacial score (nSPS) is 19.2. The molecule has 0 aliphatic carbocycles. The molecule has 20 heavy (non-hydrogen) atoms. The van der Waals surface area contributed by atoms with Gasteiger partial charge in [-0.1, -0.05) is 21.1 Å². The Hall–Kier alpha value is -1.27. The summed E-state index contributed by atoms with van der Waals surface area (Å²) in [7, 11) is 0. The molecule has 0 saturated carbocycles. The van der Waals surface area contributed by atoms with Crippen molar-refractivity contribution in [2.45, 2.75) is 19.3 Å². The Morgan fingerprint density at radius 2 is 2.35 bits per heavy atom. The minimum Gasteiger partial charge on any atom is -0.339 e. The Morgan fingerprint density at radius 1 is 1.45 bits per heavy atom. The second-order valence-corrected chi connectivity index (χ2v) is 5.91. The van der Waals surface area contributed by atoms with E-state index in [1.165, 1.54) is 25.0 Å². The van der Waals surface area contributed by atoms with E-state index in [1.54, 1.807) is 6.07 Å². The Bertz CT molecular complexity index is 596. The molecule has 2 aromatic rings. The van der Waals surface area contributed by atoms with E-state index in [0.29, 0.717) is 23.2 Å². The maximum Gasteiger partial charge on any atom is 0.227 e. The van der Waals surface area contributed by atoms with Crippen molar-refractivity contribution in [1.29, 1.82) is 0 Å². The van der Waals surface area contributed by atoms with Crippen LogP contribution in [-0.2, 0) is 6.42 Å². The largest absolute Gasteiger partial charge is 0.339 e. The summed E-state index contributed by atoms with van der Waals surface area (Å²) in [5.74, 6) is 1.26. The predicted octanol–water partition coefficient (Wildman–Crippen LogP) is 3.18. The van der Waals surface area contributed by atoms with Crippen LogP contribution in [0.25, 0.3) is 11.4 Å². The minimum absolute atomic E-state index is 0.314. The topological polar surface area (TPSA) is 51.0 Å². The van der Waals surface area contributed by atoms with E-state index in [0.717, 1.165) is 24.0 Å². The smallest absolute Gasteiger partial charge is 0.227 e. The third kappa shape index (κ3) is 3.07. The van der Waals surface area contributed by atoms with E-state index < -0.39 is 0 Å². The van der Waals surface area contributed by atoms with E-state index in [2.05, 4.69) is 31.4 Å². The average molecular weight is 340 g/mol. The van der Waals surface area contributed by atoms with Crippen LogP contribution in [0, 0.1) is 11.7 Å². The molecule has 1 unspecified atom stereocenters. The zero-order chi connectivity index (χ0) is 13.9. The molecular formula is C14H15BrFN3O. The summed E-state index contributed by atoms with van der Waals surface area (Å²) < 4.78 is 19.3. The summed E-state index contributed by atoms with van der Waals surface area (Å²) >= 11 is 3.38. The highest BCUT2D eigenvalue weighted by Crippen LogP contribution is 2.27. The fraction of sp³-hybridized carbons (Fsp3) is 0.429. The van der Waals surface area contributed by atoms with E-state index in [9.17, 15) is 4.39 Å².